The van der Waals surface area contributed by atoms with Gasteiger partial charge in [0.25, 0.3) is 5.91 Å². The summed E-state index contributed by atoms with van der Waals surface area (Å²) in [6.45, 7) is 1.92. The number of amides is 1. The van der Waals surface area contributed by atoms with Gasteiger partial charge in [-0.15, -0.1) is 0 Å². The molecule has 2 heterocycles. The van der Waals surface area contributed by atoms with E-state index in [2.05, 4.69) is 20.3 Å². The summed E-state index contributed by atoms with van der Waals surface area (Å²) in [7, 11) is 0. The van der Waals surface area contributed by atoms with Crippen LogP contribution in [-0.2, 0) is 0 Å². The predicted octanol–water partition coefficient (Wildman–Crippen LogP) is 2.81. The molecule has 1 N–H and O–H groups in total. The predicted molar refractivity (Wildman–Crippen MR) is 75.8 cm³/mol. The Morgan fingerprint density at radius 1 is 1.42 bits per heavy atom. The van der Waals surface area contributed by atoms with Gasteiger partial charge in [-0.25, -0.2) is 15.0 Å². The van der Waals surface area contributed by atoms with E-state index >= 15 is 0 Å². The van der Waals surface area contributed by atoms with Crippen LogP contribution in [0.15, 0.2) is 29.7 Å². The monoisotopic (exact) mass is 294 g/mol. The van der Waals surface area contributed by atoms with Crippen molar-refractivity contribution in [3.05, 3.63) is 40.8 Å². The highest BCUT2D eigenvalue weighted by Crippen LogP contribution is 2.17. The van der Waals surface area contributed by atoms with Crippen LogP contribution in [0.25, 0.3) is 0 Å². The third-order valence-corrected chi connectivity index (χ3v) is 3.15. The summed E-state index contributed by atoms with van der Waals surface area (Å²) in [5.41, 5.74) is 1.23. The van der Waals surface area contributed by atoms with Crippen molar-refractivity contribution in [2.24, 2.45) is 0 Å². The van der Waals surface area contributed by atoms with Gasteiger partial charge in [0.15, 0.2) is 5.16 Å². The highest BCUT2D eigenvalue weighted by molar-refractivity contribution is 7.98. The van der Waals surface area contributed by atoms with Crippen molar-refractivity contribution in [2.75, 3.05) is 11.6 Å². The highest BCUT2D eigenvalue weighted by atomic mass is 35.5. The van der Waals surface area contributed by atoms with E-state index in [1.54, 1.807) is 12.3 Å². The zero-order valence-corrected chi connectivity index (χ0v) is 11.9. The van der Waals surface area contributed by atoms with Gasteiger partial charge in [-0.1, -0.05) is 23.4 Å². The van der Waals surface area contributed by atoms with Crippen LogP contribution in [0.3, 0.4) is 0 Å². The van der Waals surface area contributed by atoms with Gasteiger partial charge in [-0.2, -0.15) is 0 Å². The number of thioether (sulfide) groups is 1. The fourth-order valence-corrected chi connectivity index (χ4v) is 1.99. The van der Waals surface area contributed by atoms with Crippen LogP contribution in [0.2, 0.25) is 5.15 Å². The zero-order valence-electron chi connectivity index (χ0n) is 10.3. The number of hydrogen-bond donors (Lipinski definition) is 1. The quantitative estimate of drug-likeness (QED) is 0.535. The van der Waals surface area contributed by atoms with Gasteiger partial charge in [-0.3, -0.25) is 4.79 Å². The molecule has 0 aromatic carbocycles. The third kappa shape index (κ3) is 3.42. The molecule has 2 rings (SSSR count). The molecule has 2 aromatic rings. The second-order valence-corrected chi connectivity index (χ2v) is 4.87. The Morgan fingerprint density at radius 2 is 2.21 bits per heavy atom. The summed E-state index contributed by atoms with van der Waals surface area (Å²) in [4.78, 5) is 24.1. The number of nitrogens with one attached hydrogen (secondary N) is 1. The van der Waals surface area contributed by atoms with Crippen molar-refractivity contribution < 1.29 is 4.79 Å². The average Bonchev–Trinajstić information content (AvgIpc) is 2.38. The van der Waals surface area contributed by atoms with E-state index in [-0.39, 0.29) is 16.6 Å². The van der Waals surface area contributed by atoms with Crippen molar-refractivity contribution in [1.82, 2.24) is 15.0 Å². The van der Waals surface area contributed by atoms with Gasteiger partial charge < -0.3 is 5.32 Å². The molecule has 0 saturated carbocycles. The average molecular weight is 295 g/mol. The Labute approximate surface area is 119 Å². The molecule has 0 radical (unpaired) electrons. The lowest BCUT2D eigenvalue weighted by Crippen LogP contribution is -2.14. The molecule has 0 saturated heterocycles. The molecule has 5 nitrogen and oxygen atoms in total. The van der Waals surface area contributed by atoms with E-state index in [9.17, 15) is 4.79 Å². The van der Waals surface area contributed by atoms with Gasteiger partial charge in [0.1, 0.15) is 11.0 Å². The topological polar surface area (TPSA) is 67.8 Å². The second kappa shape index (κ2) is 5.99. The molecule has 0 spiro atoms. The number of carbonyl (C=O) groups excluding carboxylic acids is 1. The van der Waals surface area contributed by atoms with Crippen LogP contribution in [0.1, 0.15) is 15.9 Å². The molecular formula is C12H11ClN4OS. The maximum Gasteiger partial charge on any atom is 0.261 e. The second-order valence-electron chi connectivity index (χ2n) is 3.73. The van der Waals surface area contributed by atoms with Crippen LogP contribution in [0.5, 0.6) is 0 Å². The summed E-state index contributed by atoms with van der Waals surface area (Å²) in [6.07, 6.45) is 4.87. The summed E-state index contributed by atoms with van der Waals surface area (Å²) < 4.78 is 0. The van der Waals surface area contributed by atoms with Gasteiger partial charge in [-0.05, 0) is 30.9 Å². The van der Waals surface area contributed by atoms with Gasteiger partial charge in [0, 0.05) is 12.4 Å². The normalized spacial score (nSPS) is 10.3. The van der Waals surface area contributed by atoms with Crippen molar-refractivity contribution >= 4 is 35.1 Å². The maximum atomic E-state index is 12.0. The van der Waals surface area contributed by atoms with E-state index in [1.165, 1.54) is 18.0 Å². The number of rotatable bonds is 3. The minimum absolute atomic E-state index is 0.129. The van der Waals surface area contributed by atoms with E-state index in [0.717, 1.165) is 5.56 Å². The first kappa shape index (κ1) is 13.8. The summed E-state index contributed by atoms with van der Waals surface area (Å²) in [6, 6.07) is 3.61. The zero-order chi connectivity index (χ0) is 13.8. The molecule has 0 unspecified atom stereocenters. The first-order valence-electron chi connectivity index (χ1n) is 5.40. The molecule has 98 valence electrons. The highest BCUT2D eigenvalue weighted by Gasteiger charge is 2.13. The van der Waals surface area contributed by atoms with Crippen molar-refractivity contribution in [3.63, 3.8) is 0 Å². The number of hydrogen-bond acceptors (Lipinski definition) is 5. The summed E-state index contributed by atoms with van der Waals surface area (Å²) in [5, 5.41) is 3.31. The van der Waals surface area contributed by atoms with E-state index in [4.69, 9.17) is 11.6 Å². The summed E-state index contributed by atoms with van der Waals surface area (Å²) >= 11 is 7.31. The Balaban J connectivity index is 2.20. The van der Waals surface area contributed by atoms with Crippen LogP contribution in [-0.4, -0.2) is 27.1 Å². The minimum Gasteiger partial charge on any atom is -0.306 e. The molecule has 1 amide bonds. The minimum atomic E-state index is -0.379. The molecule has 0 fully saturated rings. The summed E-state index contributed by atoms with van der Waals surface area (Å²) in [5.74, 6) is 0.0887. The van der Waals surface area contributed by atoms with Gasteiger partial charge in [0.2, 0.25) is 0 Å². The molecule has 19 heavy (non-hydrogen) atoms. The fourth-order valence-electron chi connectivity index (χ4n) is 1.38. The SMILES string of the molecule is CSc1ncc(C(=O)Nc2cc(C)ccn2)c(Cl)n1. The van der Waals surface area contributed by atoms with Crippen LogP contribution in [0, 0.1) is 6.92 Å². The number of anilines is 1. The molecule has 0 bridgehead atoms. The largest absolute Gasteiger partial charge is 0.306 e. The molecule has 2 aromatic heterocycles. The molecule has 0 aliphatic rings. The Bertz CT molecular complexity index is 620. The molecular weight excluding hydrogens is 284 g/mol. The molecule has 0 aliphatic heterocycles. The maximum absolute atomic E-state index is 12.0. The number of nitrogens with zero attached hydrogens (tertiary/aromatic N) is 3. The lowest BCUT2D eigenvalue weighted by atomic mass is 10.3. The fraction of sp³-hybridized carbons (Fsp3) is 0.167. The Hall–Kier alpha value is -1.66. The molecule has 7 heteroatoms. The van der Waals surface area contributed by atoms with E-state index in [1.807, 2.05) is 19.2 Å². The van der Waals surface area contributed by atoms with E-state index < -0.39 is 0 Å². The first-order valence-corrected chi connectivity index (χ1v) is 7.01. The number of pyridine rings is 1. The van der Waals surface area contributed by atoms with Crippen molar-refractivity contribution in [3.8, 4) is 0 Å². The molecule has 0 aliphatic carbocycles. The first-order chi connectivity index (χ1) is 9.10. The Morgan fingerprint density at radius 3 is 2.84 bits per heavy atom. The standard InChI is InChI=1S/C12H11ClN4OS/c1-7-3-4-14-9(5-7)16-11(18)8-6-15-12(19-2)17-10(8)13/h3-6H,1-2H3,(H,14,16,18). The smallest absolute Gasteiger partial charge is 0.261 e. The van der Waals surface area contributed by atoms with E-state index in [0.29, 0.717) is 11.0 Å². The molecule has 0 atom stereocenters. The van der Waals surface area contributed by atoms with Crippen LogP contribution < -0.4 is 5.32 Å². The number of aryl methyl sites for hydroxylation is 1. The van der Waals surface area contributed by atoms with Crippen molar-refractivity contribution in [2.45, 2.75) is 12.1 Å². The third-order valence-electron chi connectivity index (χ3n) is 2.30. The van der Waals surface area contributed by atoms with Gasteiger partial charge in [0.05, 0.1) is 5.56 Å². The van der Waals surface area contributed by atoms with Crippen molar-refractivity contribution in [1.29, 1.82) is 0 Å². The number of aromatic nitrogens is 3. The van der Waals surface area contributed by atoms with Crippen LogP contribution in [0.4, 0.5) is 5.82 Å². The lowest BCUT2D eigenvalue weighted by Gasteiger charge is -2.06. The van der Waals surface area contributed by atoms with Gasteiger partial charge >= 0.3 is 0 Å². The lowest BCUT2D eigenvalue weighted by molar-refractivity contribution is 0.102. The Kier molecular flexibility index (Phi) is 4.34. The number of carbonyl (C=O) groups is 1. The van der Waals surface area contributed by atoms with Crippen LogP contribution >= 0.6 is 23.4 Å². The number of halogens is 1.